The van der Waals surface area contributed by atoms with E-state index >= 15 is 0 Å². The molecule has 7 nitrogen and oxygen atoms in total. The molecule has 2 aromatic carbocycles. The maximum absolute atomic E-state index is 12.7. The number of aromatic nitrogens is 3. The molecule has 1 amide bonds. The molecule has 0 saturated carbocycles. The van der Waals surface area contributed by atoms with Gasteiger partial charge in [-0.1, -0.05) is 55.4 Å². The maximum Gasteiger partial charge on any atom is 0.234 e. The van der Waals surface area contributed by atoms with E-state index in [0.717, 1.165) is 35.9 Å². The van der Waals surface area contributed by atoms with Crippen LogP contribution in [0.3, 0.4) is 0 Å². The average molecular weight is 486 g/mol. The first-order valence-corrected chi connectivity index (χ1v) is 12.4. The number of hydrogen-bond donors (Lipinski definition) is 1. The number of morpholine rings is 1. The van der Waals surface area contributed by atoms with Crippen LogP contribution in [0.15, 0.2) is 53.7 Å². The molecule has 0 spiro atoms. The summed E-state index contributed by atoms with van der Waals surface area (Å²) < 4.78 is 7.47. The zero-order valence-electron chi connectivity index (χ0n) is 18.8. The molecular weight excluding hydrogens is 458 g/mol. The highest BCUT2D eigenvalue weighted by molar-refractivity contribution is 7.99. The lowest BCUT2D eigenvalue weighted by atomic mass is 10.0. The van der Waals surface area contributed by atoms with Crippen molar-refractivity contribution in [2.45, 2.75) is 31.5 Å². The van der Waals surface area contributed by atoms with Crippen molar-refractivity contribution in [1.29, 1.82) is 0 Å². The smallest absolute Gasteiger partial charge is 0.234 e. The molecule has 0 bridgehead atoms. The number of carbonyl (C=O) groups excluding carboxylic acids is 1. The average Bonchev–Trinajstić information content (AvgIpc) is 3.21. The van der Waals surface area contributed by atoms with Crippen molar-refractivity contribution < 1.29 is 9.53 Å². The SMILES string of the molecule is CC(C)c1ccccc1NC(=O)CSc1nnc(CN2CCOCC2)n1-c1ccc(Cl)cc1. The number of hydrogen-bond acceptors (Lipinski definition) is 6. The van der Waals surface area contributed by atoms with E-state index in [1.807, 2.05) is 53.1 Å². The molecule has 1 aliphatic heterocycles. The van der Waals surface area contributed by atoms with Gasteiger partial charge in [0.2, 0.25) is 5.91 Å². The first kappa shape index (κ1) is 23.8. The van der Waals surface area contributed by atoms with Crippen LogP contribution in [0.2, 0.25) is 5.02 Å². The van der Waals surface area contributed by atoms with Gasteiger partial charge in [-0.25, -0.2) is 0 Å². The first-order chi connectivity index (χ1) is 16.0. The Kier molecular flexibility index (Phi) is 8.03. The number of nitrogens with zero attached hydrogens (tertiary/aromatic N) is 4. The van der Waals surface area contributed by atoms with Crippen molar-refractivity contribution in [3.8, 4) is 5.69 Å². The van der Waals surface area contributed by atoms with Gasteiger partial charge in [0.15, 0.2) is 11.0 Å². The minimum atomic E-state index is -0.0755. The summed E-state index contributed by atoms with van der Waals surface area (Å²) in [7, 11) is 0. The number of anilines is 1. The highest BCUT2D eigenvalue weighted by Crippen LogP contribution is 2.26. The van der Waals surface area contributed by atoms with E-state index in [-0.39, 0.29) is 11.7 Å². The summed E-state index contributed by atoms with van der Waals surface area (Å²) in [5.74, 6) is 1.31. The van der Waals surface area contributed by atoms with Gasteiger partial charge in [0.1, 0.15) is 0 Å². The van der Waals surface area contributed by atoms with Crippen LogP contribution in [0, 0.1) is 0 Å². The molecule has 9 heteroatoms. The number of nitrogens with one attached hydrogen (secondary N) is 1. The third-order valence-electron chi connectivity index (χ3n) is 5.44. The second kappa shape index (κ2) is 11.2. The summed E-state index contributed by atoms with van der Waals surface area (Å²) >= 11 is 7.47. The zero-order chi connectivity index (χ0) is 23.2. The zero-order valence-corrected chi connectivity index (χ0v) is 20.4. The molecule has 174 valence electrons. The number of benzene rings is 2. The summed E-state index contributed by atoms with van der Waals surface area (Å²) in [5, 5.41) is 13.2. The molecule has 0 unspecified atom stereocenters. The lowest BCUT2D eigenvalue weighted by Gasteiger charge is -2.26. The van der Waals surface area contributed by atoms with Crippen LogP contribution in [0.25, 0.3) is 5.69 Å². The number of thioether (sulfide) groups is 1. The van der Waals surface area contributed by atoms with E-state index in [1.54, 1.807) is 0 Å². The Labute approximate surface area is 203 Å². The third kappa shape index (κ3) is 6.14. The van der Waals surface area contributed by atoms with Crippen LogP contribution < -0.4 is 5.32 Å². The Morgan fingerprint density at radius 2 is 1.85 bits per heavy atom. The Balaban J connectivity index is 1.51. The molecule has 0 radical (unpaired) electrons. The summed E-state index contributed by atoms with van der Waals surface area (Å²) in [6.07, 6.45) is 0. The van der Waals surface area contributed by atoms with Crippen LogP contribution in [0.5, 0.6) is 0 Å². The summed E-state index contributed by atoms with van der Waals surface area (Å²) in [6.45, 7) is 8.03. The van der Waals surface area contributed by atoms with Crippen molar-refractivity contribution in [3.05, 3.63) is 64.9 Å². The monoisotopic (exact) mass is 485 g/mol. The predicted octanol–water partition coefficient (Wildman–Crippen LogP) is 4.61. The summed E-state index contributed by atoms with van der Waals surface area (Å²) in [6, 6.07) is 15.5. The normalized spacial score (nSPS) is 14.5. The Morgan fingerprint density at radius 1 is 1.12 bits per heavy atom. The van der Waals surface area contributed by atoms with Gasteiger partial charge in [0.25, 0.3) is 0 Å². The Bertz CT molecular complexity index is 1080. The number of carbonyl (C=O) groups is 1. The molecule has 33 heavy (non-hydrogen) atoms. The number of ether oxygens (including phenoxy) is 1. The highest BCUT2D eigenvalue weighted by atomic mass is 35.5. The van der Waals surface area contributed by atoms with Gasteiger partial charge in [-0.3, -0.25) is 14.3 Å². The van der Waals surface area contributed by atoms with Gasteiger partial charge in [-0.05, 0) is 41.8 Å². The van der Waals surface area contributed by atoms with Gasteiger partial charge in [-0.2, -0.15) is 0 Å². The molecule has 3 aromatic rings. The maximum atomic E-state index is 12.7. The summed E-state index contributed by atoms with van der Waals surface area (Å²) in [5.41, 5.74) is 2.89. The molecule has 1 N–H and O–H groups in total. The van der Waals surface area contributed by atoms with Crippen molar-refractivity contribution >= 4 is 35.0 Å². The molecule has 0 atom stereocenters. The van der Waals surface area contributed by atoms with Gasteiger partial charge < -0.3 is 10.1 Å². The molecule has 4 rings (SSSR count). The topological polar surface area (TPSA) is 72.3 Å². The standard InChI is InChI=1S/C24H28ClN5O2S/c1-17(2)20-5-3-4-6-21(20)26-23(31)16-33-24-28-27-22(15-29-11-13-32-14-12-29)30(24)19-9-7-18(25)8-10-19/h3-10,17H,11-16H2,1-2H3,(H,26,31). The number of rotatable bonds is 8. The quantitative estimate of drug-likeness (QED) is 0.470. The van der Waals surface area contributed by atoms with E-state index in [9.17, 15) is 4.79 Å². The number of para-hydroxylation sites is 1. The molecule has 1 saturated heterocycles. The van der Waals surface area contributed by atoms with Crippen LogP contribution in [0.1, 0.15) is 31.2 Å². The predicted molar refractivity (Wildman–Crippen MR) is 132 cm³/mol. The number of amides is 1. The van der Waals surface area contributed by atoms with Crippen molar-refractivity contribution in [1.82, 2.24) is 19.7 Å². The van der Waals surface area contributed by atoms with Gasteiger partial charge >= 0.3 is 0 Å². The van der Waals surface area contributed by atoms with Crippen LogP contribution in [-0.2, 0) is 16.1 Å². The fraction of sp³-hybridized carbons (Fsp3) is 0.375. The van der Waals surface area contributed by atoms with Gasteiger partial charge in [0, 0.05) is 29.5 Å². The molecule has 1 fully saturated rings. The fourth-order valence-corrected chi connectivity index (χ4v) is 4.63. The van der Waals surface area contributed by atoms with E-state index < -0.39 is 0 Å². The second-order valence-corrected chi connectivity index (χ2v) is 9.56. The van der Waals surface area contributed by atoms with Crippen LogP contribution in [0.4, 0.5) is 5.69 Å². The second-order valence-electron chi connectivity index (χ2n) is 8.18. The molecular formula is C24H28ClN5O2S. The Hall–Kier alpha value is -2.39. The minimum absolute atomic E-state index is 0.0755. The molecule has 2 heterocycles. The highest BCUT2D eigenvalue weighted by Gasteiger charge is 2.20. The van der Waals surface area contributed by atoms with Gasteiger partial charge in [0.05, 0.1) is 25.5 Å². The number of halogens is 1. The largest absolute Gasteiger partial charge is 0.379 e. The van der Waals surface area contributed by atoms with Crippen LogP contribution in [-0.4, -0.2) is 57.6 Å². The van der Waals surface area contributed by atoms with E-state index in [2.05, 4.69) is 34.3 Å². The van der Waals surface area contributed by atoms with Crippen molar-refractivity contribution in [2.24, 2.45) is 0 Å². The fourth-order valence-electron chi connectivity index (χ4n) is 3.74. The van der Waals surface area contributed by atoms with E-state index in [4.69, 9.17) is 16.3 Å². The Morgan fingerprint density at radius 3 is 2.58 bits per heavy atom. The molecule has 0 aliphatic carbocycles. The van der Waals surface area contributed by atoms with Crippen molar-refractivity contribution in [3.63, 3.8) is 0 Å². The van der Waals surface area contributed by atoms with E-state index in [0.29, 0.717) is 35.9 Å². The van der Waals surface area contributed by atoms with Crippen molar-refractivity contribution in [2.75, 3.05) is 37.4 Å². The van der Waals surface area contributed by atoms with Crippen LogP contribution >= 0.6 is 23.4 Å². The first-order valence-electron chi connectivity index (χ1n) is 11.0. The van der Waals surface area contributed by atoms with Gasteiger partial charge in [-0.15, -0.1) is 10.2 Å². The third-order valence-corrected chi connectivity index (χ3v) is 6.62. The van der Waals surface area contributed by atoms with E-state index in [1.165, 1.54) is 11.8 Å². The lowest BCUT2D eigenvalue weighted by molar-refractivity contribution is -0.113. The lowest BCUT2D eigenvalue weighted by Crippen LogP contribution is -2.36. The minimum Gasteiger partial charge on any atom is -0.379 e. The summed E-state index contributed by atoms with van der Waals surface area (Å²) in [4.78, 5) is 15.0. The molecule has 1 aliphatic rings. The molecule has 1 aromatic heterocycles.